The third kappa shape index (κ3) is 4.52. The third-order valence-corrected chi connectivity index (χ3v) is 4.04. The van der Waals surface area contributed by atoms with Gasteiger partial charge in [0.15, 0.2) is 0 Å². The molecule has 0 saturated carbocycles. The van der Waals surface area contributed by atoms with Gasteiger partial charge in [0.05, 0.1) is 0 Å². The average Bonchev–Trinajstić information content (AvgIpc) is 2.64. The first kappa shape index (κ1) is 13.0. The van der Waals surface area contributed by atoms with Gasteiger partial charge in [-0.1, -0.05) is 27.7 Å². The largest absolute Gasteiger partial charge is 0.316 e. The molecule has 0 aromatic rings. The van der Waals surface area contributed by atoms with Crippen LogP contribution in [0.5, 0.6) is 0 Å². The van der Waals surface area contributed by atoms with Crippen molar-refractivity contribution in [3.8, 4) is 0 Å². The Balaban J connectivity index is 2.05. The molecule has 1 saturated heterocycles. The molecular weight excluding hydrogens is 184 g/mol. The average molecular weight is 212 g/mol. The summed E-state index contributed by atoms with van der Waals surface area (Å²) >= 11 is 0. The molecule has 0 spiro atoms. The molecule has 0 radical (unpaired) electrons. The molecule has 90 valence electrons. The van der Waals surface area contributed by atoms with Crippen LogP contribution in [-0.2, 0) is 0 Å². The minimum Gasteiger partial charge on any atom is -0.316 e. The van der Waals surface area contributed by atoms with Crippen LogP contribution in [0, 0.1) is 17.3 Å². The first-order valence-electron chi connectivity index (χ1n) is 6.44. The summed E-state index contributed by atoms with van der Waals surface area (Å²) in [7, 11) is 0. The summed E-state index contributed by atoms with van der Waals surface area (Å²) in [4.78, 5) is 0. The number of rotatable bonds is 6. The van der Waals surface area contributed by atoms with E-state index in [1.54, 1.807) is 0 Å². The maximum absolute atomic E-state index is 3.61. The Kier molecular flexibility index (Phi) is 5.07. The molecule has 1 unspecified atom stereocenters. The molecule has 1 heterocycles. The molecule has 1 aliphatic heterocycles. The fraction of sp³-hybridized carbons (Fsp3) is 1.00. The SMILES string of the molecule is CC(C)C(C)(C)CNCCC1CCNC1. The van der Waals surface area contributed by atoms with Crippen LogP contribution in [0.4, 0.5) is 0 Å². The van der Waals surface area contributed by atoms with E-state index in [1.165, 1.54) is 32.5 Å². The van der Waals surface area contributed by atoms with Crippen molar-refractivity contribution >= 4 is 0 Å². The van der Waals surface area contributed by atoms with Crippen molar-refractivity contribution in [2.24, 2.45) is 17.3 Å². The molecule has 2 heteroatoms. The van der Waals surface area contributed by atoms with Crippen LogP contribution in [0.1, 0.15) is 40.5 Å². The molecule has 0 aromatic carbocycles. The molecular formula is C13H28N2. The van der Waals surface area contributed by atoms with Crippen molar-refractivity contribution in [2.45, 2.75) is 40.5 Å². The molecule has 15 heavy (non-hydrogen) atoms. The van der Waals surface area contributed by atoms with Crippen LogP contribution >= 0.6 is 0 Å². The van der Waals surface area contributed by atoms with Gasteiger partial charge in [0.1, 0.15) is 0 Å². The lowest BCUT2D eigenvalue weighted by molar-refractivity contribution is 0.237. The Bertz CT molecular complexity index is 169. The maximum atomic E-state index is 3.61. The summed E-state index contributed by atoms with van der Waals surface area (Å²) in [6.45, 7) is 14.1. The fourth-order valence-electron chi connectivity index (χ4n) is 1.88. The van der Waals surface area contributed by atoms with Crippen molar-refractivity contribution in [3.05, 3.63) is 0 Å². The van der Waals surface area contributed by atoms with Crippen molar-refractivity contribution in [1.29, 1.82) is 0 Å². The molecule has 2 nitrogen and oxygen atoms in total. The van der Waals surface area contributed by atoms with Gasteiger partial charge in [-0.05, 0) is 49.7 Å². The molecule has 1 aliphatic rings. The van der Waals surface area contributed by atoms with Gasteiger partial charge in [0, 0.05) is 6.54 Å². The highest BCUT2D eigenvalue weighted by atomic mass is 14.9. The van der Waals surface area contributed by atoms with Crippen LogP contribution in [0.3, 0.4) is 0 Å². The standard InChI is InChI=1S/C13H28N2/c1-11(2)13(3,4)10-15-8-6-12-5-7-14-9-12/h11-12,14-15H,5-10H2,1-4H3. The van der Waals surface area contributed by atoms with Crippen LogP contribution in [0.25, 0.3) is 0 Å². The minimum atomic E-state index is 0.425. The molecule has 0 aliphatic carbocycles. The third-order valence-electron chi connectivity index (χ3n) is 4.04. The molecule has 1 rings (SSSR count). The van der Waals surface area contributed by atoms with E-state index < -0.39 is 0 Å². The Morgan fingerprint density at radius 2 is 2.13 bits per heavy atom. The second-order valence-corrected chi connectivity index (χ2v) is 5.97. The van der Waals surface area contributed by atoms with E-state index in [2.05, 4.69) is 38.3 Å². The molecule has 1 atom stereocenters. The number of hydrogen-bond donors (Lipinski definition) is 2. The number of nitrogens with one attached hydrogen (secondary N) is 2. The maximum Gasteiger partial charge on any atom is 0.000497 e. The van der Waals surface area contributed by atoms with E-state index >= 15 is 0 Å². The van der Waals surface area contributed by atoms with Crippen LogP contribution in [0.2, 0.25) is 0 Å². The highest BCUT2D eigenvalue weighted by Gasteiger charge is 2.21. The zero-order valence-corrected chi connectivity index (χ0v) is 10.9. The molecule has 1 fully saturated rings. The van der Waals surface area contributed by atoms with Crippen molar-refractivity contribution in [3.63, 3.8) is 0 Å². The fourth-order valence-corrected chi connectivity index (χ4v) is 1.88. The number of hydrogen-bond acceptors (Lipinski definition) is 2. The quantitative estimate of drug-likeness (QED) is 0.660. The lowest BCUT2D eigenvalue weighted by atomic mass is 9.81. The predicted molar refractivity (Wildman–Crippen MR) is 67.1 cm³/mol. The second-order valence-electron chi connectivity index (χ2n) is 5.97. The van der Waals surface area contributed by atoms with Gasteiger partial charge in [0.2, 0.25) is 0 Å². The zero-order chi connectivity index (χ0) is 11.3. The lowest BCUT2D eigenvalue weighted by Crippen LogP contribution is -2.34. The summed E-state index contributed by atoms with van der Waals surface area (Å²) in [5.74, 6) is 1.66. The van der Waals surface area contributed by atoms with Gasteiger partial charge in [-0.2, -0.15) is 0 Å². The van der Waals surface area contributed by atoms with Crippen molar-refractivity contribution in [1.82, 2.24) is 10.6 Å². The summed E-state index contributed by atoms with van der Waals surface area (Å²) in [6, 6.07) is 0. The van der Waals surface area contributed by atoms with E-state index in [9.17, 15) is 0 Å². The summed E-state index contributed by atoms with van der Waals surface area (Å²) in [6.07, 6.45) is 2.70. The summed E-state index contributed by atoms with van der Waals surface area (Å²) < 4.78 is 0. The first-order chi connectivity index (χ1) is 7.02. The minimum absolute atomic E-state index is 0.425. The Morgan fingerprint density at radius 1 is 1.40 bits per heavy atom. The second kappa shape index (κ2) is 5.86. The van der Waals surface area contributed by atoms with E-state index in [0.717, 1.165) is 18.4 Å². The molecule has 0 amide bonds. The van der Waals surface area contributed by atoms with Crippen molar-refractivity contribution < 1.29 is 0 Å². The predicted octanol–water partition coefficient (Wildman–Crippen LogP) is 2.26. The van der Waals surface area contributed by atoms with Gasteiger partial charge < -0.3 is 10.6 Å². The molecule has 2 N–H and O–H groups in total. The monoisotopic (exact) mass is 212 g/mol. The summed E-state index contributed by atoms with van der Waals surface area (Å²) in [5, 5.41) is 7.03. The lowest BCUT2D eigenvalue weighted by Gasteiger charge is -2.29. The van der Waals surface area contributed by atoms with E-state index in [0.29, 0.717) is 5.41 Å². The van der Waals surface area contributed by atoms with Gasteiger partial charge in [0.25, 0.3) is 0 Å². The summed E-state index contributed by atoms with van der Waals surface area (Å²) in [5.41, 5.74) is 0.425. The van der Waals surface area contributed by atoms with Gasteiger partial charge in [-0.15, -0.1) is 0 Å². The van der Waals surface area contributed by atoms with E-state index in [1.807, 2.05) is 0 Å². The van der Waals surface area contributed by atoms with Crippen LogP contribution in [-0.4, -0.2) is 26.2 Å². The smallest absolute Gasteiger partial charge is 0.000497 e. The zero-order valence-electron chi connectivity index (χ0n) is 10.9. The van der Waals surface area contributed by atoms with Gasteiger partial charge in [-0.25, -0.2) is 0 Å². The Hall–Kier alpha value is -0.0800. The normalized spacial score (nSPS) is 22.6. The van der Waals surface area contributed by atoms with Gasteiger partial charge >= 0.3 is 0 Å². The van der Waals surface area contributed by atoms with E-state index in [-0.39, 0.29) is 0 Å². The topological polar surface area (TPSA) is 24.1 Å². The van der Waals surface area contributed by atoms with Crippen LogP contribution in [0.15, 0.2) is 0 Å². The Morgan fingerprint density at radius 3 is 2.67 bits per heavy atom. The highest BCUT2D eigenvalue weighted by molar-refractivity contribution is 4.76. The molecule has 0 bridgehead atoms. The van der Waals surface area contributed by atoms with Gasteiger partial charge in [-0.3, -0.25) is 0 Å². The Labute approximate surface area is 95.2 Å². The van der Waals surface area contributed by atoms with Crippen LogP contribution < -0.4 is 10.6 Å². The highest BCUT2D eigenvalue weighted by Crippen LogP contribution is 2.24. The van der Waals surface area contributed by atoms with Crippen molar-refractivity contribution in [2.75, 3.05) is 26.2 Å². The molecule has 0 aromatic heterocycles. The van der Waals surface area contributed by atoms with E-state index in [4.69, 9.17) is 0 Å². The first-order valence-corrected chi connectivity index (χ1v) is 6.44.